The number of benzene rings is 1. The summed E-state index contributed by atoms with van der Waals surface area (Å²) < 4.78 is 5.19. The third-order valence-electron chi connectivity index (χ3n) is 4.22. The van der Waals surface area contributed by atoms with E-state index in [1.165, 1.54) is 0 Å². The summed E-state index contributed by atoms with van der Waals surface area (Å²) in [5, 5.41) is 3.90. The fraction of sp³-hybridized carbons (Fsp3) is 0.562. The minimum absolute atomic E-state index is 0.0193. The molecule has 1 aromatic rings. The molecule has 1 unspecified atom stereocenters. The zero-order valence-electron chi connectivity index (χ0n) is 12.4. The summed E-state index contributed by atoms with van der Waals surface area (Å²) in [6.45, 7) is 0.341. The van der Waals surface area contributed by atoms with Gasteiger partial charge in [0, 0.05) is 18.7 Å². The standard InChI is InChI=1S/C16H23ClN2O2/c1-21-14(11-18)10-15(20)19-16(7-2-3-8-16)12-5-4-6-13(17)9-12/h4-6,9,14H,2-3,7-8,10-11,18H2,1H3,(H,19,20). The quantitative estimate of drug-likeness (QED) is 0.849. The van der Waals surface area contributed by atoms with E-state index < -0.39 is 0 Å². The maximum absolute atomic E-state index is 12.3. The molecular formula is C16H23ClN2O2. The van der Waals surface area contributed by atoms with Crippen LogP contribution >= 0.6 is 11.6 Å². The molecule has 0 heterocycles. The van der Waals surface area contributed by atoms with Gasteiger partial charge in [0.05, 0.1) is 18.1 Å². The predicted octanol–water partition coefficient (Wildman–Crippen LogP) is 2.59. The molecule has 1 aromatic carbocycles. The van der Waals surface area contributed by atoms with Crippen LogP contribution in [0.3, 0.4) is 0 Å². The van der Waals surface area contributed by atoms with Crippen molar-refractivity contribution < 1.29 is 9.53 Å². The van der Waals surface area contributed by atoms with Gasteiger partial charge in [-0.15, -0.1) is 0 Å². The van der Waals surface area contributed by atoms with Crippen LogP contribution in [0.2, 0.25) is 5.02 Å². The van der Waals surface area contributed by atoms with Crippen LogP contribution < -0.4 is 11.1 Å². The molecule has 0 saturated heterocycles. The van der Waals surface area contributed by atoms with Crippen molar-refractivity contribution in [3.8, 4) is 0 Å². The highest BCUT2D eigenvalue weighted by Crippen LogP contribution is 2.39. The Bertz CT molecular complexity index is 483. The van der Waals surface area contributed by atoms with E-state index in [9.17, 15) is 4.79 Å². The van der Waals surface area contributed by atoms with Gasteiger partial charge in [-0.05, 0) is 30.5 Å². The number of methoxy groups -OCH3 is 1. The smallest absolute Gasteiger partial charge is 0.223 e. The van der Waals surface area contributed by atoms with Crippen molar-refractivity contribution in [2.24, 2.45) is 5.73 Å². The lowest BCUT2D eigenvalue weighted by atomic mass is 9.88. The first-order valence-electron chi connectivity index (χ1n) is 7.39. The maximum Gasteiger partial charge on any atom is 0.223 e. The van der Waals surface area contributed by atoms with Gasteiger partial charge in [-0.25, -0.2) is 0 Å². The van der Waals surface area contributed by atoms with Crippen molar-refractivity contribution in [3.05, 3.63) is 34.9 Å². The molecule has 1 saturated carbocycles. The lowest BCUT2D eigenvalue weighted by Gasteiger charge is -2.32. The van der Waals surface area contributed by atoms with E-state index >= 15 is 0 Å². The number of nitrogens with two attached hydrogens (primary N) is 1. The number of hydrogen-bond donors (Lipinski definition) is 2. The summed E-state index contributed by atoms with van der Waals surface area (Å²) in [5.41, 5.74) is 6.37. The van der Waals surface area contributed by atoms with Gasteiger partial charge in [-0.2, -0.15) is 0 Å². The Morgan fingerprint density at radius 2 is 2.19 bits per heavy atom. The number of ether oxygens (including phenoxy) is 1. The van der Waals surface area contributed by atoms with Crippen LogP contribution in [0.15, 0.2) is 24.3 Å². The van der Waals surface area contributed by atoms with E-state index in [1.807, 2.05) is 24.3 Å². The molecule has 0 bridgehead atoms. The summed E-state index contributed by atoms with van der Waals surface area (Å²) in [5.74, 6) is -0.0193. The van der Waals surface area contributed by atoms with E-state index in [0.717, 1.165) is 31.2 Å². The Morgan fingerprint density at radius 1 is 1.48 bits per heavy atom. The highest BCUT2D eigenvalue weighted by atomic mass is 35.5. The van der Waals surface area contributed by atoms with Crippen LogP contribution in [-0.4, -0.2) is 25.7 Å². The molecule has 1 atom stereocenters. The molecule has 21 heavy (non-hydrogen) atoms. The summed E-state index contributed by atoms with van der Waals surface area (Å²) in [6.07, 6.45) is 4.16. The summed E-state index contributed by atoms with van der Waals surface area (Å²) in [6, 6.07) is 7.77. The molecule has 2 rings (SSSR count). The van der Waals surface area contributed by atoms with Gasteiger partial charge in [-0.3, -0.25) is 4.79 Å². The second-order valence-corrected chi connectivity index (χ2v) is 6.08. The van der Waals surface area contributed by atoms with Crippen molar-refractivity contribution >= 4 is 17.5 Å². The third kappa shape index (κ3) is 3.96. The Kier molecular flexibility index (Phi) is 5.62. The van der Waals surface area contributed by atoms with Gasteiger partial charge < -0.3 is 15.8 Å². The van der Waals surface area contributed by atoms with Crippen LogP contribution in [0.25, 0.3) is 0 Å². The van der Waals surface area contributed by atoms with Crippen LogP contribution in [0, 0.1) is 0 Å². The van der Waals surface area contributed by atoms with E-state index in [2.05, 4.69) is 5.32 Å². The molecule has 1 aliphatic carbocycles. The number of halogens is 1. The maximum atomic E-state index is 12.3. The average Bonchev–Trinajstić information content (AvgIpc) is 2.94. The Hall–Kier alpha value is -1.10. The normalized spacial score (nSPS) is 18.4. The fourth-order valence-electron chi connectivity index (χ4n) is 3.04. The van der Waals surface area contributed by atoms with Gasteiger partial charge in [0.1, 0.15) is 0 Å². The van der Waals surface area contributed by atoms with E-state index in [4.69, 9.17) is 22.1 Å². The third-order valence-corrected chi connectivity index (χ3v) is 4.46. The number of carbonyl (C=O) groups is 1. The molecule has 3 N–H and O–H groups in total. The first-order valence-corrected chi connectivity index (χ1v) is 7.77. The zero-order valence-corrected chi connectivity index (χ0v) is 13.2. The molecule has 0 spiro atoms. The van der Waals surface area contributed by atoms with Crippen molar-refractivity contribution in [1.29, 1.82) is 0 Å². The van der Waals surface area contributed by atoms with Crippen LogP contribution in [0.1, 0.15) is 37.7 Å². The lowest BCUT2D eigenvalue weighted by molar-refractivity contribution is -0.125. The summed E-state index contributed by atoms with van der Waals surface area (Å²) in [7, 11) is 1.58. The lowest BCUT2D eigenvalue weighted by Crippen LogP contribution is -2.45. The summed E-state index contributed by atoms with van der Waals surface area (Å²) >= 11 is 6.10. The van der Waals surface area contributed by atoms with Crippen molar-refractivity contribution in [1.82, 2.24) is 5.32 Å². The van der Waals surface area contributed by atoms with Gasteiger partial charge in [0.15, 0.2) is 0 Å². The molecule has 116 valence electrons. The van der Waals surface area contributed by atoms with Crippen LogP contribution in [-0.2, 0) is 15.1 Å². The first-order chi connectivity index (χ1) is 10.1. The van der Waals surface area contributed by atoms with E-state index in [1.54, 1.807) is 7.11 Å². The monoisotopic (exact) mass is 310 g/mol. The molecule has 1 fully saturated rings. The van der Waals surface area contributed by atoms with Gasteiger partial charge in [0.2, 0.25) is 5.91 Å². The largest absolute Gasteiger partial charge is 0.380 e. The van der Waals surface area contributed by atoms with E-state index in [-0.39, 0.29) is 24.0 Å². The number of hydrogen-bond acceptors (Lipinski definition) is 3. The molecule has 0 aromatic heterocycles. The molecule has 0 radical (unpaired) electrons. The van der Waals surface area contributed by atoms with Gasteiger partial charge in [0.25, 0.3) is 0 Å². The molecule has 0 aliphatic heterocycles. The topological polar surface area (TPSA) is 64.3 Å². The molecular weight excluding hydrogens is 288 g/mol. The predicted molar refractivity (Wildman–Crippen MR) is 84.2 cm³/mol. The molecule has 4 nitrogen and oxygen atoms in total. The second kappa shape index (κ2) is 7.25. The molecule has 1 amide bonds. The number of nitrogens with one attached hydrogen (secondary N) is 1. The Labute approximate surface area is 131 Å². The summed E-state index contributed by atoms with van der Waals surface area (Å²) in [4.78, 5) is 12.3. The van der Waals surface area contributed by atoms with Crippen molar-refractivity contribution in [2.45, 2.75) is 43.7 Å². The Balaban J connectivity index is 2.14. The van der Waals surface area contributed by atoms with Crippen molar-refractivity contribution in [2.75, 3.05) is 13.7 Å². The highest BCUT2D eigenvalue weighted by molar-refractivity contribution is 6.30. The van der Waals surface area contributed by atoms with E-state index in [0.29, 0.717) is 11.6 Å². The van der Waals surface area contributed by atoms with Gasteiger partial charge >= 0.3 is 0 Å². The van der Waals surface area contributed by atoms with Gasteiger partial charge in [-0.1, -0.05) is 36.6 Å². The first kappa shape index (κ1) is 16.3. The minimum atomic E-state index is -0.297. The molecule has 1 aliphatic rings. The highest BCUT2D eigenvalue weighted by Gasteiger charge is 2.37. The molecule has 5 heteroatoms. The SMILES string of the molecule is COC(CN)CC(=O)NC1(c2cccc(Cl)c2)CCCC1. The number of carbonyl (C=O) groups excluding carboxylic acids is 1. The number of amides is 1. The minimum Gasteiger partial charge on any atom is -0.380 e. The average molecular weight is 311 g/mol. The van der Waals surface area contributed by atoms with Crippen LogP contribution in [0.4, 0.5) is 0 Å². The van der Waals surface area contributed by atoms with Crippen molar-refractivity contribution in [3.63, 3.8) is 0 Å². The fourth-order valence-corrected chi connectivity index (χ4v) is 3.23. The number of rotatable bonds is 6. The second-order valence-electron chi connectivity index (χ2n) is 5.65. The zero-order chi connectivity index (χ0) is 15.3. The van der Waals surface area contributed by atoms with Crippen LogP contribution in [0.5, 0.6) is 0 Å². The Morgan fingerprint density at radius 3 is 2.76 bits per heavy atom.